The first-order chi connectivity index (χ1) is 16.3. The maximum absolute atomic E-state index is 12.7. The summed E-state index contributed by atoms with van der Waals surface area (Å²) in [6, 6.07) is 21.7. The number of hydrogen-bond donors (Lipinski definition) is 1. The van der Waals surface area contributed by atoms with E-state index in [9.17, 15) is 4.79 Å². The molecule has 34 heavy (non-hydrogen) atoms. The standard InChI is InChI=1S/C27H27ClN4OS/c1-17(2)23-7-5-6-8-24(23)32-26(20-10-12-21(28)13-11-20)30-31-27(32)34-16-25(33)29-22-14-9-18(3)19(4)15-22/h5-15,17H,16H2,1-4H3,(H,29,33). The zero-order chi connectivity index (χ0) is 24.2. The monoisotopic (exact) mass is 490 g/mol. The number of rotatable bonds is 7. The molecule has 0 bridgehead atoms. The highest BCUT2D eigenvalue weighted by Gasteiger charge is 2.20. The van der Waals surface area contributed by atoms with E-state index in [-0.39, 0.29) is 11.7 Å². The fourth-order valence-corrected chi connectivity index (χ4v) is 4.56. The summed E-state index contributed by atoms with van der Waals surface area (Å²) in [7, 11) is 0. The summed E-state index contributed by atoms with van der Waals surface area (Å²) in [5.41, 5.74) is 6.22. The predicted molar refractivity (Wildman–Crippen MR) is 141 cm³/mol. The largest absolute Gasteiger partial charge is 0.325 e. The molecule has 0 atom stereocenters. The molecule has 0 fully saturated rings. The van der Waals surface area contributed by atoms with Crippen molar-refractivity contribution in [1.29, 1.82) is 0 Å². The molecule has 0 aliphatic carbocycles. The van der Waals surface area contributed by atoms with Crippen LogP contribution in [0.25, 0.3) is 17.1 Å². The second-order valence-electron chi connectivity index (χ2n) is 8.50. The van der Waals surface area contributed by atoms with Crippen LogP contribution in [0.1, 0.15) is 36.5 Å². The van der Waals surface area contributed by atoms with Crippen molar-refractivity contribution in [2.24, 2.45) is 0 Å². The van der Waals surface area contributed by atoms with Gasteiger partial charge in [0.25, 0.3) is 0 Å². The summed E-state index contributed by atoms with van der Waals surface area (Å²) in [4.78, 5) is 12.7. The molecule has 5 nitrogen and oxygen atoms in total. The highest BCUT2D eigenvalue weighted by Crippen LogP contribution is 2.32. The lowest BCUT2D eigenvalue weighted by Crippen LogP contribution is -2.15. The molecule has 0 aliphatic heterocycles. The van der Waals surface area contributed by atoms with Crippen LogP contribution in [-0.2, 0) is 4.79 Å². The number of aromatic nitrogens is 3. The first kappa shape index (κ1) is 24.0. The fraction of sp³-hybridized carbons (Fsp3) is 0.222. The van der Waals surface area contributed by atoms with Crippen molar-refractivity contribution in [3.8, 4) is 17.1 Å². The van der Waals surface area contributed by atoms with Gasteiger partial charge in [0, 0.05) is 16.3 Å². The lowest BCUT2D eigenvalue weighted by molar-refractivity contribution is -0.113. The van der Waals surface area contributed by atoms with E-state index in [0.29, 0.717) is 21.9 Å². The van der Waals surface area contributed by atoms with Gasteiger partial charge in [-0.3, -0.25) is 9.36 Å². The topological polar surface area (TPSA) is 59.8 Å². The Morgan fingerprint density at radius 1 is 1.00 bits per heavy atom. The van der Waals surface area contributed by atoms with E-state index in [1.165, 1.54) is 22.9 Å². The summed E-state index contributed by atoms with van der Waals surface area (Å²) in [6.07, 6.45) is 0. The number of amides is 1. The van der Waals surface area contributed by atoms with Crippen LogP contribution in [0.2, 0.25) is 5.02 Å². The average molecular weight is 491 g/mol. The number of para-hydroxylation sites is 1. The average Bonchev–Trinajstić information content (AvgIpc) is 3.24. The Bertz CT molecular complexity index is 1310. The minimum atomic E-state index is -0.0898. The Labute approximate surface area is 209 Å². The first-order valence-electron chi connectivity index (χ1n) is 11.1. The second-order valence-corrected chi connectivity index (χ2v) is 9.88. The van der Waals surface area contributed by atoms with Gasteiger partial charge >= 0.3 is 0 Å². The van der Waals surface area contributed by atoms with Crippen LogP contribution in [-0.4, -0.2) is 26.4 Å². The van der Waals surface area contributed by atoms with E-state index in [4.69, 9.17) is 11.6 Å². The lowest BCUT2D eigenvalue weighted by atomic mass is 10.0. The van der Waals surface area contributed by atoms with Crippen LogP contribution >= 0.6 is 23.4 Å². The van der Waals surface area contributed by atoms with Gasteiger partial charge < -0.3 is 5.32 Å². The van der Waals surface area contributed by atoms with Gasteiger partial charge in [0.05, 0.1) is 11.4 Å². The number of benzene rings is 3. The number of halogens is 1. The van der Waals surface area contributed by atoms with E-state index in [2.05, 4.69) is 48.4 Å². The molecule has 4 rings (SSSR count). The Morgan fingerprint density at radius 3 is 2.44 bits per heavy atom. The summed E-state index contributed by atoms with van der Waals surface area (Å²) in [5.74, 6) is 1.15. The molecule has 0 aliphatic rings. The molecule has 0 radical (unpaired) electrons. The zero-order valence-electron chi connectivity index (χ0n) is 19.7. The molecule has 0 saturated heterocycles. The van der Waals surface area contributed by atoms with E-state index in [0.717, 1.165) is 22.5 Å². The summed E-state index contributed by atoms with van der Waals surface area (Å²) in [5, 5.41) is 13.3. The molecule has 1 aromatic heterocycles. The van der Waals surface area contributed by atoms with Crippen LogP contribution in [0, 0.1) is 13.8 Å². The van der Waals surface area contributed by atoms with Gasteiger partial charge in [0.1, 0.15) is 0 Å². The Hall–Kier alpha value is -3.09. The molecule has 3 aromatic carbocycles. The molecular weight excluding hydrogens is 464 g/mol. The van der Waals surface area contributed by atoms with Crippen molar-refractivity contribution in [2.45, 2.75) is 38.8 Å². The van der Waals surface area contributed by atoms with E-state index in [1.807, 2.05) is 66.1 Å². The number of nitrogens with one attached hydrogen (secondary N) is 1. The number of hydrogen-bond acceptors (Lipinski definition) is 4. The number of thioether (sulfide) groups is 1. The molecule has 7 heteroatoms. The normalized spacial score (nSPS) is 11.1. The van der Waals surface area contributed by atoms with Crippen LogP contribution < -0.4 is 5.32 Å². The number of carbonyl (C=O) groups excluding carboxylic acids is 1. The third-order valence-electron chi connectivity index (χ3n) is 5.66. The van der Waals surface area contributed by atoms with E-state index < -0.39 is 0 Å². The highest BCUT2D eigenvalue weighted by molar-refractivity contribution is 7.99. The number of carbonyl (C=O) groups is 1. The molecule has 0 saturated carbocycles. The number of aryl methyl sites for hydroxylation is 2. The summed E-state index contributed by atoms with van der Waals surface area (Å²) in [6.45, 7) is 8.41. The SMILES string of the molecule is Cc1ccc(NC(=O)CSc2nnc(-c3ccc(Cl)cc3)n2-c2ccccc2C(C)C)cc1C. The van der Waals surface area contributed by atoms with Crippen molar-refractivity contribution in [3.63, 3.8) is 0 Å². The van der Waals surface area contributed by atoms with Gasteiger partial charge in [-0.1, -0.05) is 61.5 Å². The van der Waals surface area contributed by atoms with Crippen molar-refractivity contribution >= 4 is 35.0 Å². The number of anilines is 1. The fourth-order valence-electron chi connectivity index (χ4n) is 3.69. The molecule has 0 spiro atoms. The van der Waals surface area contributed by atoms with Crippen LogP contribution in [0.4, 0.5) is 5.69 Å². The zero-order valence-corrected chi connectivity index (χ0v) is 21.2. The molecule has 4 aromatic rings. The quantitative estimate of drug-likeness (QED) is 0.282. The lowest BCUT2D eigenvalue weighted by Gasteiger charge is -2.17. The van der Waals surface area contributed by atoms with Crippen LogP contribution in [0.15, 0.2) is 71.9 Å². The Kier molecular flexibility index (Phi) is 7.39. The summed E-state index contributed by atoms with van der Waals surface area (Å²) >= 11 is 7.47. The smallest absolute Gasteiger partial charge is 0.234 e. The number of nitrogens with zero attached hydrogens (tertiary/aromatic N) is 3. The third kappa shape index (κ3) is 5.34. The predicted octanol–water partition coefficient (Wildman–Crippen LogP) is 7.06. The maximum atomic E-state index is 12.7. The van der Waals surface area contributed by atoms with Gasteiger partial charge in [0.15, 0.2) is 11.0 Å². The first-order valence-corrected chi connectivity index (χ1v) is 12.5. The van der Waals surface area contributed by atoms with Gasteiger partial charge in [-0.25, -0.2) is 0 Å². The van der Waals surface area contributed by atoms with Crippen molar-refractivity contribution in [1.82, 2.24) is 14.8 Å². The minimum absolute atomic E-state index is 0.0898. The second kappa shape index (κ2) is 10.5. The molecular formula is C27H27ClN4OS. The van der Waals surface area contributed by atoms with Gasteiger partial charge in [-0.15, -0.1) is 10.2 Å². The van der Waals surface area contributed by atoms with Gasteiger partial charge in [-0.2, -0.15) is 0 Å². The Morgan fingerprint density at radius 2 is 1.74 bits per heavy atom. The molecule has 0 unspecified atom stereocenters. The maximum Gasteiger partial charge on any atom is 0.234 e. The molecule has 1 amide bonds. The third-order valence-corrected chi connectivity index (χ3v) is 6.84. The van der Waals surface area contributed by atoms with Crippen molar-refractivity contribution in [3.05, 3.63) is 88.4 Å². The summed E-state index contributed by atoms with van der Waals surface area (Å²) < 4.78 is 2.03. The van der Waals surface area contributed by atoms with E-state index >= 15 is 0 Å². The van der Waals surface area contributed by atoms with Crippen molar-refractivity contribution < 1.29 is 4.79 Å². The molecule has 1 heterocycles. The van der Waals surface area contributed by atoms with Crippen LogP contribution in [0.3, 0.4) is 0 Å². The van der Waals surface area contributed by atoms with Crippen molar-refractivity contribution in [2.75, 3.05) is 11.1 Å². The Balaban J connectivity index is 1.65. The molecule has 1 N–H and O–H groups in total. The highest BCUT2D eigenvalue weighted by atomic mass is 35.5. The van der Waals surface area contributed by atoms with Crippen LogP contribution in [0.5, 0.6) is 0 Å². The van der Waals surface area contributed by atoms with E-state index in [1.54, 1.807) is 0 Å². The van der Waals surface area contributed by atoms with Gasteiger partial charge in [-0.05, 0) is 78.9 Å². The minimum Gasteiger partial charge on any atom is -0.325 e. The van der Waals surface area contributed by atoms with Gasteiger partial charge in [0.2, 0.25) is 5.91 Å². The molecule has 174 valence electrons.